The summed E-state index contributed by atoms with van der Waals surface area (Å²) >= 11 is 6.05. The predicted octanol–water partition coefficient (Wildman–Crippen LogP) is 3.36. The van der Waals surface area contributed by atoms with Gasteiger partial charge in [0.15, 0.2) is 0 Å². The number of fused-ring (bicyclic) bond motifs is 1. The molecule has 5 amide bonds. The van der Waals surface area contributed by atoms with Gasteiger partial charge in [-0.3, -0.25) is 38.9 Å². The van der Waals surface area contributed by atoms with Crippen molar-refractivity contribution >= 4 is 52.6 Å². The predicted molar refractivity (Wildman–Crippen MR) is 163 cm³/mol. The van der Waals surface area contributed by atoms with Gasteiger partial charge in [-0.25, -0.2) is 4.98 Å². The number of piperidine rings is 1. The third-order valence-corrected chi connectivity index (χ3v) is 9.42. The van der Waals surface area contributed by atoms with Gasteiger partial charge in [0.05, 0.1) is 45.1 Å². The van der Waals surface area contributed by atoms with E-state index in [-0.39, 0.29) is 40.6 Å². The largest absolute Gasteiger partial charge is 0.416 e. The van der Waals surface area contributed by atoms with Gasteiger partial charge in [0.2, 0.25) is 11.8 Å². The van der Waals surface area contributed by atoms with Crippen molar-refractivity contribution in [3.05, 3.63) is 70.1 Å². The van der Waals surface area contributed by atoms with E-state index in [9.17, 15) is 37.1 Å². The van der Waals surface area contributed by atoms with Crippen LogP contribution in [0.5, 0.6) is 0 Å². The second-order valence-corrected chi connectivity index (χ2v) is 12.5. The Hall–Kier alpha value is -5.23. The average molecular weight is 680 g/mol. The van der Waals surface area contributed by atoms with Crippen LogP contribution in [0, 0.1) is 17.8 Å². The van der Waals surface area contributed by atoms with E-state index in [0.717, 1.165) is 29.5 Å². The number of carbonyl (C=O) groups is 5. The maximum atomic E-state index is 13.3. The molecule has 48 heavy (non-hydrogen) atoms. The lowest BCUT2D eigenvalue weighted by atomic mass is 9.76. The number of rotatable bonds is 5. The van der Waals surface area contributed by atoms with Crippen molar-refractivity contribution in [2.45, 2.75) is 49.9 Å². The number of carbonyl (C=O) groups excluding carboxylic acids is 5. The van der Waals surface area contributed by atoms with Crippen LogP contribution in [-0.4, -0.2) is 68.3 Å². The first-order valence-electron chi connectivity index (χ1n) is 15.1. The molecule has 2 saturated heterocycles. The van der Waals surface area contributed by atoms with Gasteiger partial charge in [0.1, 0.15) is 17.4 Å². The smallest absolute Gasteiger partial charge is 0.354 e. The summed E-state index contributed by atoms with van der Waals surface area (Å²) in [6.45, 7) is 1.01. The van der Waals surface area contributed by atoms with Crippen LogP contribution in [0.4, 0.5) is 24.7 Å². The molecule has 0 bridgehead atoms. The Balaban J connectivity index is 0.984. The van der Waals surface area contributed by atoms with E-state index >= 15 is 0 Å². The SMILES string of the molecule is O=C1CCC(N2C(=O)c3cnc(N4CC(C#Cc5cnn(C6(C(=O)Nc7ccc(C(F)(F)F)cc7Cl)CCC6)c5)C4)cc3C2=O)C(=O)N1. The summed E-state index contributed by atoms with van der Waals surface area (Å²) in [5.74, 6) is 3.89. The number of aromatic nitrogens is 3. The van der Waals surface area contributed by atoms with Crippen molar-refractivity contribution in [3.8, 4) is 11.8 Å². The minimum absolute atomic E-state index is 0.0295. The maximum Gasteiger partial charge on any atom is 0.416 e. The molecule has 2 N–H and O–H groups in total. The van der Waals surface area contributed by atoms with E-state index in [1.54, 1.807) is 12.4 Å². The fourth-order valence-electron chi connectivity index (χ4n) is 6.20. The molecule has 4 aliphatic rings. The highest BCUT2D eigenvalue weighted by Gasteiger charge is 2.48. The summed E-state index contributed by atoms with van der Waals surface area (Å²) in [7, 11) is 0. The van der Waals surface area contributed by atoms with Crippen molar-refractivity contribution < 1.29 is 37.1 Å². The molecular formula is C32H25ClF3N7O5. The first-order valence-corrected chi connectivity index (χ1v) is 15.4. The lowest BCUT2D eigenvalue weighted by Gasteiger charge is -2.40. The van der Waals surface area contributed by atoms with Crippen molar-refractivity contribution in [2.24, 2.45) is 5.92 Å². The van der Waals surface area contributed by atoms with Gasteiger partial charge in [0.25, 0.3) is 17.7 Å². The molecule has 246 valence electrons. The van der Waals surface area contributed by atoms with Crippen LogP contribution in [0.1, 0.15) is 63.9 Å². The molecular weight excluding hydrogens is 655 g/mol. The highest BCUT2D eigenvalue weighted by atomic mass is 35.5. The standard InChI is InChI=1S/C32H25ClF3N7O5/c33-22-10-19(32(34,35)36)4-5-23(22)39-30(48)31(8-1-9-31)42-16-17(12-38-42)2-3-18-14-41(15-18)25-11-20-21(13-37-25)29(47)43(28(20)46)24-6-7-26(44)40-27(24)45/h4-5,10-13,16,18,24H,1,6-9,14-15H2,(H,39,48)(H,40,44,45). The minimum Gasteiger partial charge on any atom is -0.354 e. The third kappa shape index (κ3) is 5.35. The molecule has 5 heterocycles. The summed E-state index contributed by atoms with van der Waals surface area (Å²) in [6.07, 6.45) is 1.79. The average Bonchev–Trinajstić information content (AvgIpc) is 3.55. The van der Waals surface area contributed by atoms with Gasteiger partial charge < -0.3 is 10.2 Å². The Labute approximate surface area is 275 Å². The van der Waals surface area contributed by atoms with Gasteiger partial charge in [-0.15, -0.1) is 0 Å². The van der Waals surface area contributed by atoms with Gasteiger partial charge in [-0.05, 0) is 49.9 Å². The van der Waals surface area contributed by atoms with Crippen LogP contribution in [-0.2, 0) is 26.1 Å². The van der Waals surface area contributed by atoms with E-state index in [2.05, 4.69) is 32.6 Å². The van der Waals surface area contributed by atoms with Crippen LogP contribution in [0.15, 0.2) is 42.9 Å². The minimum atomic E-state index is -4.56. The number of anilines is 2. The lowest BCUT2D eigenvalue weighted by molar-refractivity contribution is -0.138. The van der Waals surface area contributed by atoms with E-state index in [4.69, 9.17) is 11.6 Å². The van der Waals surface area contributed by atoms with Crippen molar-refractivity contribution in [1.29, 1.82) is 0 Å². The summed E-state index contributed by atoms with van der Waals surface area (Å²) in [4.78, 5) is 70.3. The van der Waals surface area contributed by atoms with Gasteiger partial charge >= 0.3 is 6.18 Å². The second kappa shape index (κ2) is 11.5. The Morgan fingerprint density at radius 1 is 1.06 bits per heavy atom. The highest BCUT2D eigenvalue weighted by molar-refractivity contribution is 6.33. The van der Waals surface area contributed by atoms with Crippen LogP contribution in [0.25, 0.3) is 0 Å². The van der Waals surface area contributed by atoms with E-state index < -0.39 is 52.9 Å². The molecule has 0 radical (unpaired) electrons. The normalized spacial score (nSPS) is 20.4. The van der Waals surface area contributed by atoms with Gasteiger partial charge in [0, 0.05) is 31.9 Å². The highest BCUT2D eigenvalue weighted by Crippen LogP contribution is 2.41. The number of benzene rings is 1. The summed E-state index contributed by atoms with van der Waals surface area (Å²) in [5.41, 5.74) is -1.04. The Kier molecular flexibility index (Phi) is 7.50. The molecule has 3 aliphatic heterocycles. The zero-order valence-electron chi connectivity index (χ0n) is 24.9. The van der Waals surface area contributed by atoms with Crippen molar-refractivity contribution in [2.75, 3.05) is 23.3 Å². The first kappa shape index (κ1) is 31.4. The number of pyridine rings is 1. The van der Waals surface area contributed by atoms with E-state index in [1.165, 1.54) is 16.9 Å². The zero-order chi connectivity index (χ0) is 34.0. The van der Waals surface area contributed by atoms with Crippen LogP contribution >= 0.6 is 11.6 Å². The monoisotopic (exact) mass is 679 g/mol. The van der Waals surface area contributed by atoms with Crippen LogP contribution < -0.4 is 15.5 Å². The molecule has 3 fully saturated rings. The number of alkyl halides is 3. The fourth-order valence-corrected chi connectivity index (χ4v) is 6.42. The Morgan fingerprint density at radius 2 is 1.81 bits per heavy atom. The maximum absolute atomic E-state index is 13.3. The molecule has 1 aliphatic carbocycles. The molecule has 1 unspecified atom stereocenters. The quantitative estimate of drug-likeness (QED) is 0.309. The van der Waals surface area contributed by atoms with Crippen molar-refractivity contribution in [1.82, 2.24) is 25.0 Å². The number of nitrogens with one attached hydrogen (secondary N) is 2. The molecule has 1 atom stereocenters. The topological polar surface area (TPSA) is 147 Å². The van der Waals surface area contributed by atoms with Gasteiger partial charge in [-0.2, -0.15) is 18.3 Å². The third-order valence-electron chi connectivity index (χ3n) is 9.11. The molecule has 16 heteroatoms. The number of halogens is 4. The number of hydrogen-bond donors (Lipinski definition) is 2. The Morgan fingerprint density at radius 3 is 2.48 bits per heavy atom. The van der Waals surface area contributed by atoms with Crippen molar-refractivity contribution in [3.63, 3.8) is 0 Å². The molecule has 1 aromatic carbocycles. The molecule has 7 rings (SSSR count). The molecule has 3 aromatic rings. The number of amides is 5. The summed E-state index contributed by atoms with van der Waals surface area (Å²) in [6, 6.07) is 3.22. The van der Waals surface area contributed by atoms with Crippen LogP contribution in [0.2, 0.25) is 5.02 Å². The van der Waals surface area contributed by atoms with E-state index in [0.29, 0.717) is 37.3 Å². The molecule has 12 nitrogen and oxygen atoms in total. The summed E-state index contributed by atoms with van der Waals surface area (Å²) < 4.78 is 40.6. The number of imide groups is 2. The van der Waals surface area contributed by atoms with Crippen LogP contribution in [0.3, 0.4) is 0 Å². The zero-order valence-corrected chi connectivity index (χ0v) is 25.7. The Bertz CT molecular complexity index is 1970. The van der Waals surface area contributed by atoms with E-state index in [1.807, 2.05) is 4.90 Å². The molecule has 0 spiro atoms. The molecule has 1 saturated carbocycles. The molecule has 2 aromatic heterocycles. The lowest BCUT2D eigenvalue weighted by Crippen LogP contribution is -2.54. The first-order chi connectivity index (χ1) is 22.8. The second-order valence-electron chi connectivity index (χ2n) is 12.1. The summed E-state index contributed by atoms with van der Waals surface area (Å²) in [5, 5.41) is 8.96. The van der Waals surface area contributed by atoms with Gasteiger partial charge in [-0.1, -0.05) is 23.4 Å². The fraction of sp³-hybridized carbons (Fsp3) is 0.344. The number of hydrogen-bond acceptors (Lipinski definition) is 8. The number of nitrogens with zero attached hydrogens (tertiary/aromatic N) is 5.